The molecule has 0 saturated carbocycles. The van der Waals surface area contributed by atoms with Crippen LogP contribution >= 0.6 is 0 Å². The van der Waals surface area contributed by atoms with Gasteiger partial charge in [0, 0.05) is 47.5 Å². The Morgan fingerprint density at radius 3 is 2.40 bits per heavy atom. The van der Waals surface area contributed by atoms with E-state index in [4.69, 9.17) is 4.98 Å². The lowest BCUT2D eigenvalue weighted by atomic mass is 9.93. The maximum atomic E-state index is 12.8. The van der Waals surface area contributed by atoms with Gasteiger partial charge in [0.1, 0.15) is 0 Å². The fourth-order valence-corrected chi connectivity index (χ4v) is 4.56. The van der Waals surface area contributed by atoms with Gasteiger partial charge in [-0.3, -0.25) is 14.7 Å². The quantitative estimate of drug-likeness (QED) is 0.818. The number of carbonyl (C=O) groups is 1. The largest absolute Gasteiger partial charge is 0.341 e. The van der Waals surface area contributed by atoms with E-state index < -0.39 is 0 Å². The lowest BCUT2D eigenvalue weighted by Crippen LogP contribution is -2.44. The minimum absolute atomic E-state index is 0.260. The maximum absolute atomic E-state index is 12.8. The van der Waals surface area contributed by atoms with Crippen molar-refractivity contribution in [3.8, 4) is 0 Å². The molecule has 7 nitrogen and oxygen atoms in total. The van der Waals surface area contributed by atoms with Crippen molar-refractivity contribution < 1.29 is 4.79 Å². The van der Waals surface area contributed by atoms with Crippen molar-refractivity contribution in [2.24, 2.45) is 0 Å². The number of hydrogen-bond acceptors (Lipinski definition) is 6. The Hall–Kier alpha value is -2.54. The second-order valence-corrected chi connectivity index (χ2v) is 8.68. The maximum Gasteiger partial charge on any atom is 0.236 e. The second kappa shape index (κ2) is 9.08. The van der Waals surface area contributed by atoms with Crippen molar-refractivity contribution in [2.75, 3.05) is 38.0 Å². The van der Waals surface area contributed by atoms with Crippen LogP contribution < -0.4 is 5.32 Å². The lowest BCUT2D eigenvalue weighted by molar-refractivity contribution is -0.133. The third kappa shape index (κ3) is 5.14. The Balaban J connectivity index is 1.46. The zero-order valence-corrected chi connectivity index (χ0v) is 18.3. The molecule has 2 fully saturated rings. The second-order valence-electron chi connectivity index (χ2n) is 8.68. The van der Waals surface area contributed by atoms with E-state index >= 15 is 0 Å². The number of piperidine rings is 1. The van der Waals surface area contributed by atoms with Gasteiger partial charge in [-0.05, 0) is 77.7 Å². The first-order valence-electron chi connectivity index (χ1n) is 11.0. The number of nitrogens with one attached hydrogen (secondary N) is 1. The summed E-state index contributed by atoms with van der Waals surface area (Å²) in [6.45, 7) is 10.2. The van der Waals surface area contributed by atoms with Crippen LogP contribution in [0.15, 0.2) is 18.2 Å². The number of hydrogen-bond donors (Lipinski definition) is 1. The first kappa shape index (κ1) is 20.7. The summed E-state index contributed by atoms with van der Waals surface area (Å²) in [4.78, 5) is 30.9. The molecule has 2 aliphatic heterocycles. The Bertz CT molecular complexity index is 888. The Morgan fingerprint density at radius 2 is 1.67 bits per heavy atom. The van der Waals surface area contributed by atoms with E-state index in [0.717, 1.165) is 67.5 Å². The van der Waals surface area contributed by atoms with Crippen molar-refractivity contribution in [3.63, 3.8) is 0 Å². The molecule has 1 unspecified atom stereocenters. The van der Waals surface area contributed by atoms with Crippen molar-refractivity contribution in [1.29, 1.82) is 0 Å². The van der Waals surface area contributed by atoms with Gasteiger partial charge in [0.2, 0.25) is 11.9 Å². The van der Waals surface area contributed by atoms with Gasteiger partial charge >= 0.3 is 0 Å². The van der Waals surface area contributed by atoms with E-state index in [1.165, 1.54) is 12.8 Å². The van der Waals surface area contributed by atoms with E-state index in [0.29, 0.717) is 12.5 Å². The molecule has 2 saturated heterocycles. The monoisotopic (exact) mass is 408 g/mol. The van der Waals surface area contributed by atoms with Gasteiger partial charge < -0.3 is 10.2 Å². The number of amides is 1. The summed E-state index contributed by atoms with van der Waals surface area (Å²) in [6, 6.07) is 6.07. The number of rotatable bonds is 5. The fraction of sp³-hybridized carbons (Fsp3) is 0.565. The molecule has 0 aromatic carbocycles. The summed E-state index contributed by atoms with van der Waals surface area (Å²) in [7, 11) is 0. The number of aromatic nitrogens is 3. The molecule has 0 spiro atoms. The number of aryl methyl sites for hydroxylation is 3. The third-order valence-electron chi connectivity index (χ3n) is 5.96. The van der Waals surface area contributed by atoms with Gasteiger partial charge in [-0.1, -0.05) is 0 Å². The van der Waals surface area contributed by atoms with Crippen LogP contribution in [0.25, 0.3) is 0 Å². The Kier molecular flexibility index (Phi) is 6.27. The predicted molar refractivity (Wildman–Crippen MR) is 118 cm³/mol. The van der Waals surface area contributed by atoms with Crippen LogP contribution in [0.3, 0.4) is 0 Å². The highest BCUT2D eigenvalue weighted by Gasteiger charge is 2.27. The number of carbonyl (C=O) groups excluding carboxylic acids is 1. The smallest absolute Gasteiger partial charge is 0.236 e. The van der Waals surface area contributed by atoms with Crippen molar-refractivity contribution in [1.82, 2.24) is 24.8 Å². The number of nitrogens with zero attached hydrogens (tertiary/aromatic N) is 5. The Labute approximate surface area is 178 Å². The summed E-state index contributed by atoms with van der Waals surface area (Å²) in [5.74, 6) is 1.13. The van der Waals surface area contributed by atoms with E-state index in [1.807, 2.05) is 37.8 Å². The van der Waals surface area contributed by atoms with Crippen molar-refractivity contribution in [3.05, 3.63) is 41.0 Å². The van der Waals surface area contributed by atoms with Crippen LogP contribution in [-0.2, 0) is 4.79 Å². The summed E-state index contributed by atoms with van der Waals surface area (Å²) in [6.07, 6.45) is 4.50. The molecule has 160 valence electrons. The standard InChI is InChI=1S/C23H32N6O/c1-16-11-17(2)26-23(25-16)27-20-12-18(3)24-21(13-20)19-7-6-10-29(14-19)22(30)15-28-8-4-5-9-28/h11-13,19H,4-10,14-15H2,1-3H3,(H,24,25,26,27). The minimum Gasteiger partial charge on any atom is -0.341 e. The normalized spacial score (nSPS) is 19.8. The molecule has 7 heteroatoms. The zero-order chi connectivity index (χ0) is 21.1. The number of likely N-dealkylation sites (tertiary alicyclic amines) is 2. The van der Waals surface area contributed by atoms with Crippen LogP contribution in [0.1, 0.15) is 54.4 Å². The lowest BCUT2D eigenvalue weighted by Gasteiger charge is -2.33. The van der Waals surface area contributed by atoms with Gasteiger partial charge in [-0.2, -0.15) is 0 Å². The summed E-state index contributed by atoms with van der Waals surface area (Å²) < 4.78 is 0. The van der Waals surface area contributed by atoms with Gasteiger partial charge in [-0.25, -0.2) is 9.97 Å². The van der Waals surface area contributed by atoms with Gasteiger partial charge in [-0.15, -0.1) is 0 Å². The molecule has 1 atom stereocenters. The van der Waals surface area contributed by atoms with Crippen molar-refractivity contribution >= 4 is 17.5 Å². The summed E-state index contributed by atoms with van der Waals surface area (Å²) >= 11 is 0. The molecule has 0 radical (unpaired) electrons. The number of pyridine rings is 1. The average molecular weight is 409 g/mol. The summed E-state index contributed by atoms with van der Waals surface area (Å²) in [5.41, 5.74) is 4.83. The van der Waals surface area contributed by atoms with Crippen LogP contribution in [0.4, 0.5) is 11.6 Å². The fourth-order valence-electron chi connectivity index (χ4n) is 4.56. The van der Waals surface area contributed by atoms with Crippen LogP contribution in [0.5, 0.6) is 0 Å². The highest BCUT2D eigenvalue weighted by atomic mass is 16.2. The van der Waals surface area contributed by atoms with Crippen LogP contribution in [-0.4, -0.2) is 63.4 Å². The summed E-state index contributed by atoms with van der Waals surface area (Å²) in [5, 5.41) is 3.34. The molecule has 2 aliphatic rings. The van der Waals surface area contributed by atoms with Gasteiger partial charge in [0.15, 0.2) is 0 Å². The highest BCUT2D eigenvalue weighted by Crippen LogP contribution is 2.28. The predicted octanol–water partition coefficient (Wildman–Crippen LogP) is 3.34. The SMILES string of the molecule is Cc1cc(Nc2nc(C)cc(C)n2)cc(C2CCCN(C(=O)CN3CCCC3)C2)n1. The van der Waals surface area contributed by atoms with E-state index in [2.05, 4.69) is 26.3 Å². The molecule has 2 aromatic heterocycles. The molecule has 2 aromatic rings. The molecular weight excluding hydrogens is 376 g/mol. The molecular formula is C23H32N6O. The third-order valence-corrected chi connectivity index (χ3v) is 5.96. The van der Waals surface area contributed by atoms with Gasteiger partial charge in [0.05, 0.1) is 6.54 Å². The van der Waals surface area contributed by atoms with Gasteiger partial charge in [0.25, 0.3) is 0 Å². The molecule has 30 heavy (non-hydrogen) atoms. The molecule has 0 bridgehead atoms. The highest BCUT2D eigenvalue weighted by molar-refractivity contribution is 5.78. The number of anilines is 2. The molecule has 1 amide bonds. The van der Waals surface area contributed by atoms with E-state index in [1.54, 1.807) is 0 Å². The van der Waals surface area contributed by atoms with Crippen LogP contribution in [0.2, 0.25) is 0 Å². The molecule has 4 heterocycles. The first-order valence-corrected chi connectivity index (χ1v) is 11.0. The zero-order valence-electron chi connectivity index (χ0n) is 18.3. The minimum atomic E-state index is 0.260. The molecule has 4 rings (SSSR count). The van der Waals surface area contributed by atoms with E-state index in [9.17, 15) is 4.79 Å². The molecule has 1 N–H and O–H groups in total. The topological polar surface area (TPSA) is 74.2 Å². The Morgan fingerprint density at radius 1 is 0.967 bits per heavy atom. The first-order chi connectivity index (χ1) is 14.5. The van der Waals surface area contributed by atoms with E-state index in [-0.39, 0.29) is 11.8 Å². The van der Waals surface area contributed by atoms with Crippen LogP contribution in [0, 0.1) is 20.8 Å². The molecule has 0 aliphatic carbocycles. The van der Waals surface area contributed by atoms with Crippen molar-refractivity contribution in [2.45, 2.75) is 52.4 Å². The average Bonchev–Trinajstić information content (AvgIpc) is 3.20.